The highest BCUT2D eigenvalue weighted by molar-refractivity contribution is 6.31. The Balaban J connectivity index is 2.64. The minimum Gasteiger partial charge on any atom is -0.303 e. The van der Waals surface area contributed by atoms with Gasteiger partial charge in [0.1, 0.15) is 5.56 Å². The van der Waals surface area contributed by atoms with Crippen molar-refractivity contribution in [2.45, 2.75) is 0 Å². The highest BCUT2D eigenvalue weighted by Crippen LogP contribution is 2.13. The lowest BCUT2D eigenvalue weighted by Crippen LogP contribution is -2.39. The summed E-state index contributed by atoms with van der Waals surface area (Å²) in [5, 5.41) is 0.410. The van der Waals surface area contributed by atoms with E-state index >= 15 is 0 Å². The van der Waals surface area contributed by atoms with Crippen LogP contribution < -0.4 is 11.2 Å². The van der Waals surface area contributed by atoms with Crippen LogP contribution in [0.5, 0.6) is 0 Å². The van der Waals surface area contributed by atoms with Crippen LogP contribution in [0, 0.1) is 0 Å². The third-order valence-electron chi connectivity index (χ3n) is 2.78. The number of aromatic nitrogens is 2. The number of nitrogens with zero attached hydrogens (tertiary/aromatic N) is 2. The Morgan fingerprint density at radius 1 is 1.21 bits per heavy atom. The molecule has 0 bridgehead atoms. The number of carbonyl (C=O) groups is 1. The zero-order valence-corrected chi connectivity index (χ0v) is 11.1. The molecule has 0 saturated heterocycles. The van der Waals surface area contributed by atoms with Gasteiger partial charge in [-0.05, 0) is 12.1 Å². The minimum absolute atomic E-state index is 0.0631. The number of aryl methyl sites for hydroxylation is 1. The predicted molar refractivity (Wildman–Crippen MR) is 71.8 cm³/mol. The van der Waals surface area contributed by atoms with Crippen LogP contribution >= 0.6 is 11.6 Å². The third kappa shape index (κ3) is 2.37. The first-order valence-electron chi connectivity index (χ1n) is 5.48. The number of hydrogen-bond acceptors (Lipinski definition) is 3. The quantitative estimate of drug-likeness (QED) is 0.769. The molecule has 2 rings (SSSR count). The molecular formula is C13H11ClN2O3. The van der Waals surface area contributed by atoms with Gasteiger partial charge in [0.05, 0.1) is 0 Å². The van der Waals surface area contributed by atoms with Gasteiger partial charge in [0.15, 0.2) is 5.78 Å². The Morgan fingerprint density at radius 3 is 2.53 bits per heavy atom. The number of benzene rings is 1. The molecule has 0 aliphatic heterocycles. The number of ketones is 1. The van der Waals surface area contributed by atoms with Crippen LogP contribution in [0.1, 0.15) is 15.9 Å². The van der Waals surface area contributed by atoms with E-state index in [0.29, 0.717) is 10.6 Å². The Bertz CT molecular complexity index is 774. The molecule has 0 amide bonds. The van der Waals surface area contributed by atoms with E-state index in [0.717, 1.165) is 4.57 Å². The normalized spacial score (nSPS) is 10.5. The van der Waals surface area contributed by atoms with Gasteiger partial charge in [0.25, 0.3) is 5.56 Å². The molecule has 0 unspecified atom stereocenters. The van der Waals surface area contributed by atoms with Gasteiger partial charge in [-0.3, -0.25) is 14.2 Å². The van der Waals surface area contributed by atoms with Crippen molar-refractivity contribution >= 4 is 17.4 Å². The molecule has 0 atom stereocenters. The first kappa shape index (κ1) is 13.3. The van der Waals surface area contributed by atoms with E-state index in [-0.39, 0.29) is 5.56 Å². The predicted octanol–water partition coefficient (Wildman–Crippen LogP) is 0.968. The summed E-state index contributed by atoms with van der Waals surface area (Å²) in [5.41, 5.74) is -0.851. The molecule has 2 aromatic rings. The standard InChI is InChI=1S/C13H11ClN2O3/c1-15-7-10(12(18)16(2)13(15)19)11(17)8-4-3-5-9(14)6-8/h3-7H,1-2H3. The molecule has 0 spiro atoms. The Morgan fingerprint density at radius 2 is 1.89 bits per heavy atom. The monoisotopic (exact) mass is 278 g/mol. The summed E-state index contributed by atoms with van der Waals surface area (Å²) in [7, 11) is 2.82. The first-order valence-corrected chi connectivity index (χ1v) is 5.86. The Labute approximate surface area is 113 Å². The van der Waals surface area contributed by atoms with E-state index in [4.69, 9.17) is 11.6 Å². The van der Waals surface area contributed by atoms with Crippen molar-refractivity contribution < 1.29 is 4.79 Å². The maximum Gasteiger partial charge on any atom is 0.330 e. The van der Waals surface area contributed by atoms with Crippen LogP contribution in [0.3, 0.4) is 0 Å². The molecule has 19 heavy (non-hydrogen) atoms. The smallest absolute Gasteiger partial charge is 0.303 e. The largest absolute Gasteiger partial charge is 0.330 e. The fourth-order valence-corrected chi connectivity index (χ4v) is 1.94. The van der Waals surface area contributed by atoms with Crippen LogP contribution in [0.4, 0.5) is 0 Å². The number of hydrogen-bond donors (Lipinski definition) is 0. The lowest BCUT2D eigenvalue weighted by molar-refractivity contribution is 0.103. The van der Waals surface area contributed by atoms with E-state index in [1.807, 2.05) is 0 Å². The van der Waals surface area contributed by atoms with Crippen molar-refractivity contribution in [3.63, 3.8) is 0 Å². The molecule has 0 aliphatic carbocycles. The Hall–Kier alpha value is -2.14. The van der Waals surface area contributed by atoms with E-state index in [2.05, 4.69) is 0 Å². The average molecular weight is 279 g/mol. The van der Waals surface area contributed by atoms with Gasteiger partial charge in [0.2, 0.25) is 0 Å². The third-order valence-corrected chi connectivity index (χ3v) is 3.01. The van der Waals surface area contributed by atoms with Crippen LogP contribution in [0.15, 0.2) is 40.1 Å². The summed E-state index contributed by atoms with van der Waals surface area (Å²) >= 11 is 5.81. The molecule has 98 valence electrons. The molecule has 0 N–H and O–H groups in total. The molecule has 6 heteroatoms. The Kier molecular flexibility index (Phi) is 3.40. The molecule has 5 nitrogen and oxygen atoms in total. The van der Waals surface area contributed by atoms with Crippen molar-refractivity contribution in [1.82, 2.24) is 9.13 Å². The van der Waals surface area contributed by atoms with E-state index in [1.54, 1.807) is 18.2 Å². The van der Waals surface area contributed by atoms with Gasteiger partial charge in [-0.1, -0.05) is 23.7 Å². The molecular weight excluding hydrogens is 268 g/mol. The van der Waals surface area contributed by atoms with Gasteiger partial charge >= 0.3 is 5.69 Å². The number of halogens is 1. The second kappa shape index (κ2) is 4.85. The van der Waals surface area contributed by atoms with Crippen molar-refractivity contribution in [1.29, 1.82) is 0 Å². The summed E-state index contributed by atoms with van der Waals surface area (Å²) in [6, 6.07) is 6.31. The van der Waals surface area contributed by atoms with E-state index in [1.165, 1.54) is 30.9 Å². The minimum atomic E-state index is -0.618. The topological polar surface area (TPSA) is 61.1 Å². The van der Waals surface area contributed by atoms with Crippen molar-refractivity contribution in [2.24, 2.45) is 14.1 Å². The van der Waals surface area contributed by atoms with Gasteiger partial charge in [-0.25, -0.2) is 4.79 Å². The second-order valence-corrected chi connectivity index (χ2v) is 4.58. The number of rotatable bonds is 2. The van der Waals surface area contributed by atoms with Gasteiger partial charge < -0.3 is 4.57 Å². The van der Waals surface area contributed by atoms with Crippen molar-refractivity contribution in [2.75, 3.05) is 0 Å². The molecule has 0 radical (unpaired) electrons. The molecule has 0 aliphatic rings. The maximum absolute atomic E-state index is 12.2. The zero-order chi connectivity index (χ0) is 14.2. The van der Waals surface area contributed by atoms with Crippen molar-refractivity contribution in [3.05, 3.63) is 67.4 Å². The fourth-order valence-electron chi connectivity index (χ4n) is 1.75. The summed E-state index contributed by atoms with van der Waals surface area (Å²) in [5.74, 6) is -0.460. The molecule has 1 heterocycles. The van der Waals surface area contributed by atoms with Crippen LogP contribution in [0.25, 0.3) is 0 Å². The van der Waals surface area contributed by atoms with E-state index in [9.17, 15) is 14.4 Å². The van der Waals surface area contributed by atoms with Gasteiger partial charge in [-0.2, -0.15) is 0 Å². The first-order chi connectivity index (χ1) is 8.91. The fraction of sp³-hybridized carbons (Fsp3) is 0.154. The van der Waals surface area contributed by atoms with Crippen LogP contribution in [-0.4, -0.2) is 14.9 Å². The summed E-state index contributed by atoms with van der Waals surface area (Å²) in [4.78, 5) is 35.7. The average Bonchev–Trinajstić information content (AvgIpc) is 2.40. The lowest BCUT2D eigenvalue weighted by Gasteiger charge is -2.06. The molecule has 0 saturated carbocycles. The highest BCUT2D eigenvalue weighted by atomic mass is 35.5. The second-order valence-electron chi connectivity index (χ2n) is 4.14. The molecule has 1 aromatic heterocycles. The van der Waals surface area contributed by atoms with Crippen LogP contribution in [-0.2, 0) is 14.1 Å². The molecule has 1 aromatic carbocycles. The SMILES string of the molecule is Cn1cc(C(=O)c2cccc(Cl)c2)c(=O)n(C)c1=O. The maximum atomic E-state index is 12.2. The van der Waals surface area contributed by atoms with Crippen LogP contribution in [0.2, 0.25) is 5.02 Å². The highest BCUT2D eigenvalue weighted by Gasteiger charge is 2.16. The van der Waals surface area contributed by atoms with Crippen molar-refractivity contribution in [3.8, 4) is 0 Å². The zero-order valence-electron chi connectivity index (χ0n) is 10.4. The summed E-state index contributed by atoms with van der Waals surface area (Å²) < 4.78 is 2.09. The lowest BCUT2D eigenvalue weighted by atomic mass is 10.1. The molecule has 0 fully saturated rings. The number of carbonyl (C=O) groups excluding carboxylic acids is 1. The summed E-state index contributed by atoms with van der Waals surface area (Å²) in [6.07, 6.45) is 1.24. The van der Waals surface area contributed by atoms with Gasteiger partial charge in [0, 0.05) is 30.9 Å². The van der Waals surface area contributed by atoms with Gasteiger partial charge in [-0.15, -0.1) is 0 Å². The summed E-state index contributed by atoms with van der Waals surface area (Å²) in [6.45, 7) is 0. The van der Waals surface area contributed by atoms with E-state index < -0.39 is 17.0 Å².